The molecule has 20 heavy (non-hydrogen) atoms. The van der Waals surface area contributed by atoms with Crippen LogP contribution in [0, 0.1) is 5.82 Å². The van der Waals surface area contributed by atoms with Gasteiger partial charge in [0.15, 0.2) is 11.6 Å². The molecule has 0 spiro atoms. The summed E-state index contributed by atoms with van der Waals surface area (Å²) in [4.78, 5) is 0. The van der Waals surface area contributed by atoms with Gasteiger partial charge in [0.2, 0.25) is 0 Å². The minimum Gasteiger partial charge on any atom is -0.494 e. The van der Waals surface area contributed by atoms with Crippen molar-refractivity contribution in [3.63, 3.8) is 0 Å². The zero-order valence-electron chi connectivity index (χ0n) is 11.5. The third kappa shape index (κ3) is 2.41. The lowest BCUT2D eigenvalue weighted by Crippen LogP contribution is -2.43. The highest BCUT2D eigenvalue weighted by atomic mass is 19.1. The lowest BCUT2D eigenvalue weighted by molar-refractivity contribution is 0.385. The molecule has 0 bridgehead atoms. The molecule has 0 radical (unpaired) electrons. The van der Waals surface area contributed by atoms with Crippen LogP contribution in [0.4, 0.5) is 4.39 Å². The van der Waals surface area contributed by atoms with Crippen LogP contribution >= 0.6 is 0 Å². The number of benzene rings is 2. The smallest absolute Gasteiger partial charge is 0.165 e. The number of fused-ring (bicyclic) bond motifs is 1. The Kier molecular flexibility index (Phi) is 3.22. The maximum absolute atomic E-state index is 13.7. The first-order valence-corrected chi connectivity index (χ1v) is 6.78. The van der Waals surface area contributed by atoms with Gasteiger partial charge in [-0.1, -0.05) is 30.3 Å². The van der Waals surface area contributed by atoms with Gasteiger partial charge in [0, 0.05) is 5.54 Å². The summed E-state index contributed by atoms with van der Waals surface area (Å²) in [5.74, 6) is -0.0568. The van der Waals surface area contributed by atoms with Gasteiger partial charge in [0.25, 0.3) is 0 Å². The second-order valence-corrected chi connectivity index (χ2v) is 5.63. The second kappa shape index (κ2) is 4.91. The van der Waals surface area contributed by atoms with E-state index in [9.17, 15) is 4.39 Å². The van der Waals surface area contributed by atoms with Gasteiger partial charge in [-0.25, -0.2) is 4.39 Å². The molecule has 0 unspecified atom stereocenters. The highest BCUT2D eigenvalue weighted by Gasteiger charge is 2.33. The van der Waals surface area contributed by atoms with Gasteiger partial charge < -0.3 is 10.5 Å². The normalized spacial score (nSPS) is 15.9. The molecule has 0 atom stereocenters. The fourth-order valence-corrected chi connectivity index (χ4v) is 3.07. The van der Waals surface area contributed by atoms with E-state index in [4.69, 9.17) is 10.5 Å². The maximum atomic E-state index is 13.7. The van der Waals surface area contributed by atoms with Crippen LogP contribution < -0.4 is 10.5 Å². The summed E-state index contributed by atoms with van der Waals surface area (Å²) in [7, 11) is 1.47. The Morgan fingerprint density at radius 3 is 2.35 bits per heavy atom. The molecule has 104 valence electrons. The topological polar surface area (TPSA) is 35.2 Å². The van der Waals surface area contributed by atoms with Crippen molar-refractivity contribution in [1.29, 1.82) is 0 Å². The van der Waals surface area contributed by atoms with Crippen molar-refractivity contribution >= 4 is 0 Å². The first kappa shape index (κ1) is 13.1. The van der Waals surface area contributed by atoms with E-state index in [-0.39, 0.29) is 17.1 Å². The molecule has 3 rings (SSSR count). The van der Waals surface area contributed by atoms with Crippen molar-refractivity contribution in [3.8, 4) is 5.75 Å². The van der Waals surface area contributed by atoms with Crippen LogP contribution in [-0.2, 0) is 19.3 Å². The highest BCUT2D eigenvalue weighted by Crippen LogP contribution is 2.31. The summed E-state index contributed by atoms with van der Waals surface area (Å²) in [5, 5.41) is 0. The number of methoxy groups -OCH3 is 1. The van der Waals surface area contributed by atoms with Crippen LogP contribution in [-0.4, -0.2) is 12.6 Å². The van der Waals surface area contributed by atoms with E-state index >= 15 is 0 Å². The minimum atomic E-state index is -0.330. The van der Waals surface area contributed by atoms with Crippen molar-refractivity contribution in [3.05, 3.63) is 65.0 Å². The van der Waals surface area contributed by atoms with E-state index in [1.807, 2.05) is 18.2 Å². The quantitative estimate of drug-likeness (QED) is 0.931. The second-order valence-electron chi connectivity index (χ2n) is 5.63. The van der Waals surface area contributed by atoms with Gasteiger partial charge in [-0.05, 0) is 48.1 Å². The average Bonchev–Trinajstić information content (AvgIpc) is 2.74. The van der Waals surface area contributed by atoms with Crippen molar-refractivity contribution in [2.45, 2.75) is 24.8 Å². The summed E-state index contributed by atoms with van der Waals surface area (Å²) < 4.78 is 18.7. The summed E-state index contributed by atoms with van der Waals surface area (Å²) in [6.45, 7) is 0. The molecule has 2 aromatic rings. The summed E-state index contributed by atoms with van der Waals surface area (Å²) in [6, 6.07) is 13.4. The molecule has 0 fully saturated rings. The molecule has 0 amide bonds. The molecule has 0 saturated heterocycles. The van der Waals surface area contributed by atoms with Crippen molar-refractivity contribution in [2.24, 2.45) is 5.73 Å². The Hall–Kier alpha value is -1.87. The number of halogens is 1. The zero-order valence-corrected chi connectivity index (χ0v) is 11.5. The van der Waals surface area contributed by atoms with Crippen LogP contribution in [0.5, 0.6) is 5.75 Å². The Labute approximate surface area is 118 Å². The number of ether oxygens (including phenoxy) is 1. The van der Waals surface area contributed by atoms with E-state index in [2.05, 4.69) is 12.1 Å². The Morgan fingerprint density at radius 1 is 1.15 bits per heavy atom. The van der Waals surface area contributed by atoms with Gasteiger partial charge in [0.1, 0.15) is 0 Å². The number of nitrogens with two attached hydrogens (primary N) is 1. The first-order valence-electron chi connectivity index (χ1n) is 6.78. The Balaban J connectivity index is 1.80. The summed E-state index contributed by atoms with van der Waals surface area (Å²) >= 11 is 0. The Morgan fingerprint density at radius 2 is 1.80 bits per heavy atom. The van der Waals surface area contributed by atoms with Crippen LogP contribution in [0.15, 0.2) is 42.5 Å². The molecule has 0 aliphatic heterocycles. The van der Waals surface area contributed by atoms with Crippen LogP contribution in [0.2, 0.25) is 0 Å². The van der Waals surface area contributed by atoms with Gasteiger partial charge in [-0.2, -0.15) is 0 Å². The van der Waals surface area contributed by atoms with Crippen LogP contribution in [0.25, 0.3) is 0 Å². The summed E-state index contributed by atoms with van der Waals surface area (Å²) in [5.41, 5.74) is 9.73. The van der Waals surface area contributed by atoms with E-state index < -0.39 is 0 Å². The average molecular weight is 271 g/mol. The number of hydrogen-bond donors (Lipinski definition) is 1. The lowest BCUT2D eigenvalue weighted by Gasteiger charge is -2.24. The van der Waals surface area contributed by atoms with Crippen molar-refractivity contribution < 1.29 is 9.13 Å². The van der Waals surface area contributed by atoms with Gasteiger partial charge in [-0.3, -0.25) is 0 Å². The third-order valence-corrected chi connectivity index (χ3v) is 3.98. The van der Waals surface area contributed by atoms with Crippen LogP contribution in [0.1, 0.15) is 16.7 Å². The molecule has 0 saturated carbocycles. The minimum absolute atomic E-state index is 0.273. The molecule has 0 aromatic heterocycles. The van der Waals surface area contributed by atoms with Gasteiger partial charge in [0.05, 0.1) is 7.11 Å². The molecule has 2 nitrogen and oxygen atoms in total. The van der Waals surface area contributed by atoms with Gasteiger partial charge in [-0.15, -0.1) is 0 Å². The highest BCUT2D eigenvalue weighted by molar-refractivity contribution is 5.38. The van der Waals surface area contributed by atoms with Gasteiger partial charge >= 0.3 is 0 Å². The summed E-state index contributed by atoms with van der Waals surface area (Å²) in [6.07, 6.45) is 2.36. The SMILES string of the molecule is COc1ccc(CC2(N)Cc3ccccc3C2)cc1F. The number of hydrogen-bond acceptors (Lipinski definition) is 2. The largest absolute Gasteiger partial charge is 0.494 e. The lowest BCUT2D eigenvalue weighted by atomic mass is 9.89. The predicted molar refractivity (Wildman–Crippen MR) is 77.4 cm³/mol. The number of rotatable bonds is 3. The molecule has 2 N–H and O–H groups in total. The van der Waals surface area contributed by atoms with E-state index in [1.54, 1.807) is 6.07 Å². The fraction of sp³-hybridized carbons (Fsp3) is 0.294. The van der Waals surface area contributed by atoms with Crippen LogP contribution in [0.3, 0.4) is 0 Å². The predicted octanol–water partition coefficient (Wildman–Crippen LogP) is 2.87. The molecule has 0 heterocycles. The molecule has 1 aliphatic rings. The first-order chi connectivity index (χ1) is 9.59. The molecule has 3 heteroatoms. The molecular weight excluding hydrogens is 253 g/mol. The third-order valence-electron chi connectivity index (χ3n) is 3.98. The van der Waals surface area contributed by atoms with E-state index in [1.165, 1.54) is 24.3 Å². The van der Waals surface area contributed by atoms with Crippen molar-refractivity contribution in [1.82, 2.24) is 0 Å². The zero-order chi connectivity index (χ0) is 14.2. The molecular formula is C17H18FNO. The van der Waals surface area contributed by atoms with E-state index in [0.29, 0.717) is 6.42 Å². The fourth-order valence-electron chi connectivity index (χ4n) is 3.07. The Bertz CT molecular complexity index is 614. The molecule has 1 aliphatic carbocycles. The van der Waals surface area contributed by atoms with E-state index in [0.717, 1.165) is 18.4 Å². The standard InChI is InChI=1S/C17H18FNO/c1-20-16-7-6-12(8-15(16)18)9-17(19)10-13-4-2-3-5-14(13)11-17/h2-8H,9-11,19H2,1H3. The maximum Gasteiger partial charge on any atom is 0.165 e. The monoisotopic (exact) mass is 271 g/mol. The van der Waals surface area contributed by atoms with Crippen molar-refractivity contribution in [2.75, 3.05) is 7.11 Å². The molecule has 2 aromatic carbocycles.